The summed E-state index contributed by atoms with van der Waals surface area (Å²) in [6, 6.07) is 0. The van der Waals surface area contributed by atoms with Crippen LogP contribution in [-0.4, -0.2) is 50.4 Å². The lowest BCUT2D eigenvalue weighted by Gasteiger charge is -2.20. The van der Waals surface area contributed by atoms with Gasteiger partial charge < -0.3 is 10.6 Å². The number of hydrogen-bond acceptors (Lipinski definition) is 4. The van der Waals surface area contributed by atoms with E-state index >= 15 is 0 Å². The summed E-state index contributed by atoms with van der Waals surface area (Å²) < 4.78 is 22.9. The van der Waals surface area contributed by atoms with E-state index in [4.69, 9.17) is 5.73 Å². The van der Waals surface area contributed by atoms with Gasteiger partial charge in [0, 0.05) is 19.5 Å². The van der Waals surface area contributed by atoms with Crippen molar-refractivity contribution < 1.29 is 13.2 Å². The van der Waals surface area contributed by atoms with Gasteiger partial charge in [-0.1, -0.05) is 6.92 Å². The predicted molar refractivity (Wildman–Crippen MR) is 71.9 cm³/mol. The Bertz CT molecular complexity index is 368. The van der Waals surface area contributed by atoms with Crippen molar-refractivity contribution in [1.82, 2.24) is 4.90 Å². The van der Waals surface area contributed by atoms with Crippen LogP contribution in [-0.2, 0) is 14.6 Å². The molecule has 0 bridgehead atoms. The van der Waals surface area contributed by atoms with E-state index in [0.29, 0.717) is 38.4 Å². The summed E-state index contributed by atoms with van der Waals surface area (Å²) in [6.45, 7) is 3.67. The van der Waals surface area contributed by atoms with Gasteiger partial charge >= 0.3 is 0 Å². The topological polar surface area (TPSA) is 80.5 Å². The Morgan fingerprint density at radius 1 is 1.28 bits per heavy atom. The maximum absolute atomic E-state index is 12.0. The van der Waals surface area contributed by atoms with Crippen LogP contribution >= 0.6 is 0 Å². The predicted octanol–water partition coefficient (Wildman–Crippen LogP) is 0.399. The number of rotatable bonds is 5. The Labute approximate surface area is 110 Å². The highest BCUT2D eigenvalue weighted by Gasteiger charge is 2.22. The Hall–Kier alpha value is -0.620. The molecule has 1 atom stereocenters. The third kappa shape index (κ3) is 5.35. The number of amides is 1. The molecule has 1 saturated heterocycles. The summed E-state index contributed by atoms with van der Waals surface area (Å²) in [5.74, 6) is 0.850. The average Bonchev–Trinajstić information content (AvgIpc) is 2.47. The second kappa shape index (κ2) is 7.09. The van der Waals surface area contributed by atoms with E-state index in [-0.39, 0.29) is 17.4 Å². The Morgan fingerprint density at radius 3 is 2.67 bits per heavy atom. The second-order valence-corrected chi connectivity index (χ2v) is 7.41. The van der Waals surface area contributed by atoms with Gasteiger partial charge in [-0.05, 0) is 31.7 Å². The van der Waals surface area contributed by atoms with Crippen LogP contribution in [0.2, 0.25) is 0 Å². The molecule has 0 aromatic carbocycles. The molecular weight excluding hydrogens is 252 g/mol. The van der Waals surface area contributed by atoms with Crippen LogP contribution in [0.4, 0.5) is 0 Å². The van der Waals surface area contributed by atoms with Gasteiger partial charge in [0.15, 0.2) is 9.84 Å². The molecule has 0 aliphatic carbocycles. The molecule has 0 spiro atoms. The normalized spacial score (nSPS) is 21.3. The molecule has 0 saturated carbocycles. The van der Waals surface area contributed by atoms with Crippen LogP contribution in [0.5, 0.6) is 0 Å². The average molecular weight is 276 g/mol. The molecule has 1 heterocycles. The van der Waals surface area contributed by atoms with Crippen LogP contribution in [0.1, 0.15) is 32.6 Å². The standard InChI is InChI=1S/C12H24N2O3S/c1-11(5-6-13)3-4-12(15)14-7-2-9-18(16,17)10-8-14/h11H,2-10,13H2,1H3. The number of carbonyl (C=O) groups is 1. The highest BCUT2D eigenvalue weighted by Crippen LogP contribution is 2.12. The van der Waals surface area contributed by atoms with Gasteiger partial charge in [0.2, 0.25) is 5.91 Å². The zero-order chi connectivity index (χ0) is 13.6. The minimum Gasteiger partial charge on any atom is -0.342 e. The number of hydrogen-bond donors (Lipinski definition) is 1. The molecule has 106 valence electrons. The van der Waals surface area contributed by atoms with Gasteiger partial charge in [0.1, 0.15) is 0 Å². The highest BCUT2D eigenvalue weighted by atomic mass is 32.2. The van der Waals surface area contributed by atoms with Gasteiger partial charge in [-0.15, -0.1) is 0 Å². The number of nitrogens with zero attached hydrogens (tertiary/aromatic N) is 1. The van der Waals surface area contributed by atoms with Crippen molar-refractivity contribution >= 4 is 15.7 Å². The van der Waals surface area contributed by atoms with Crippen LogP contribution in [0.15, 0.2) is 0 Å². The fourth-order valence-electron chi connectivity index (χ4n) is 2.14. The quantitative estimate of drug-likeness (QED) is 0.788. The smallest absolute Gasteiger partial charge is 0.222 e. The first-order valence-corrected chi connectivity index (χ1v) is 8.45. The minimum atomic E-state index is -2.94. The van der Waals surface area contributed by atoms with Crippen molar-refractivity contribution in [3.8, 4) is 0 Å². The van der Waals surface area contributed by atoms with E-state index in [0.717, 1.165) is 12.8 Å². The molecule has 1 aliphatic rings. The summed E-state index contributed by atoms with van der Waals surface area (Å²) in [4.78, 5) is 13.7. The zero-order valence-corrected chi connectivity index (χ0v) is 11.9. The van der Waals surface area contributed by atoms with Gasteiger partial charge in [-0.2, -0.15) is 0 Å². The van der Waals surface area contributed by atoms with Gasteiger partial charge in [0.25, 0.3) is 0 Å². The molecule has 1 unspecified atom stereocenters. The van der Waals surface area contributed by atoms with Crippen molar-refractivity contribution in [2.45, 2.75) is 32.6 Å². The van der Waals surface area contributed by atoms with Crippen molar-refractivity contribution in [3.63, 3.8) is 0 Å². The maximum Gasteiger partial charge on any atom is 0.222 e. The van der Waals surface area contributed by atoms with Crippen LogP contribution in [0, 0.1) is 5.92 Å². The van der Waals surface area contributed by atoms with Gasteiger partial charge in [0.05, 0.1) is 11.5 Å². The minimum absolute atomic E-state index is 0.0796. The summed E-state index contributed by atoms with van der Waals surface area (Å²) >= 11 is 0. The molecule has 1 aliphatic heterocycles. The fourth-order valence-corrected chi connectivity index (χ4v) is 3.42. The van der Waals surface area contributed by atoms with E-state index in [2.05, 4.69) is 6.92 Å². The van der Waals surface area contributed by atoms with Crippen LogP contribution in [0.3, 0.4) is 0 Å². The molecule has 0 radical (unpaired) electrons. The summed E-state index contributed by atoms with van der Waals surface area (Å²) in [5, 5.41) is 0. The largest absolute Gasteiger partial charge is 0.342 e. The van der Waals surface area contributed by atoms with E-state index in [1.807, 2.05) is 0 Å². The van der Waals surface area contributed by atoms with E-state index in [1.165, 1.54) is 0 Å². The monoisotopic (exact) mass is 276 g/mol. The van der Waals surface area contributed by atoms with Crippen molar-refractivity contribution in [2.24, 2.45) is 11.7 Å². The fraction of sp³-hybridized carbons (Fsp3) is 0.917. The van der Waals surface area contributed by atoms with E-state index in [9.17, 15) is 13.2 Å². The van der Waals surface area contributed by atoms with Crippen molar-refractivity contribution in [1.29, 1.82) is 0 Å². The van der Waals surface area contributed by atoms with E-state index in [1.54, 1.807) is 4.90 Å². The van der Waals surface area contributed by atoms with Crippen LogP contribution < -0.4 is 5.73 Å². The van der Waals surface area contributed by atoms with Gasteiger partial charge in [-0.25, -0.2) is 8.42 Å². The molecule has 1 amide bonds. The second-order valence-electron chi connectivity index (χ2n) is 5.11. The first kappa shape index (κ1) is 15.4. The van der Waals surface area contributed by atoms with Gasteiger partial charge in [-0.3, -0.25) is 4.79 Å². The molecule has 0 aromatic heterocycles. The Kier molecular flexibility index (Phi) is 6.08. The lowest BCUT2D eigenvalue weighted by Crippen LogP contribution is -2.33. The lowest BCUT2D eigenvalue weighted by molar-refractivity contribution is -0.131. The van der Waals surface area contributed by atoms with Crippen LogP contribution in [0.25, 0.3) is 0 Å². The third-order valence-corrected chi connectivity index (χ3v) is 5.13. The van der Waals surface area contributed by atoms with E-state index < -0.39 is 9.84 Å². The first-order valence-electron chi connectivity index (χ1n) is 6.63. The number of sulfone groups is 1. The number of carbonyl (C=O) groups excluding carboxylic acids is 1. The SMILES string of the molecule is CC(CCN)CCC(=O)N1CCCS(=O)(=O)CC1. The lowest BCUT2D eigenvalue weighted by atomic mass is 10.0. The Balaban J connectivity index is 2.38. The zero-order valence-electron chi connectivity index (χ0n) is 11.1. The molecule has 2 N–H and O–H groups in total. The van der Waals surface area contributed by atoms with Crippen molar-refractivity contribution in [2.75, 3.05) is 31.1 Å². The molecule has 6 heteroatoms. The summed E-state index contributed by atoms with van der Waals surface area (Å²) in [7, 11) is -2.94. The molecule has 0 aromatic rings. The number of nitrogens with two attached hydrogens (primary N) is 1. The summed E-state index contributed by atoms with van der Waals surface area (Å²) in [6.07, 6.45) is 2.83. The summed E-state index contributed by atoms with van der Waals surface area (Å²) in [5.41, 5.74) is 5.47. The Morgan fingerprint density at radius 2 is 2.00 bits per heavy atom. The first-order chi connectivity index (χ1) is 8.44. The molecule has 1 fully saturated rings. The molecular formula is C12H24N2O3S. The molecule has 5 nitrogen and oxygen atoms in total. The molecule has 18 heavy (non-hydrogen) atoms. The van der Waals surface area contributed by atoms with Crippen molar-refractivity contribution in [3.05, 3.63) is 0 Å². The molecule has 1 rings (SSSR count). The maximum atomic E-state index is 12.0. The third-order valence-electron chi connectivity index (χ3n) is 3.42. The highest BCUT2D eigenvalue weighted by molar-refractivity contribution is 7.91.